The van der Waals surface area contributed by atoms with Crippen LogP contribution >= 0.6 is 0 Å². The van der Waals surface area contributed by atoms with Crippen molar-refractivity contribution in [2.24, 2.45) is 0 Å². The van der Waals surface area contributed by atoms with Crippen molar-refractivity contribution in [3.8, 4) is 34.1 Å². The van der Waals surface area contributed by atoms with E-state index in [1.165, 1.54) is 12.1 Å². The first-order chi connectivity index (χ1) is 25.9. The molecule has 0 saturated heterocycles. The first-order valence-corrected chi connectivity index (χ1v) is 17.5. The minimum absolute atomic E-state index is 0.249. The fourth-order valence-corrected chi connectivity index (χ4v) is 7.64. The Morgan fingerprint density at radius 1 is 0.736 bits per heavy atom. The zero-order valence-electron chi connectivity index (χ0n) is 30.0. The normalized spacial score (nSPS) is 18.3. The summed E-state index contributed by atoms with van der Waals surface area (Å²) in [4.78, 5) is 0. The molecule has 9 heteroatoms. The van der Waals surface area contributed by atoms with E-state index < -0.39 is 11.2 Å². The number of ether oxygens (including phenoxy) is 8. The number of methoxy groups -OCH3 is 2. The predicted molar refractivity (Wildman–Crippen MR) is 200 cm³/mol. The third kappa shape index (κ3) is 6.42. The van der Waals surface area contributed by atoms with Gasteiger partial charge in [0.1, 0.15) is 43.7 Å². The molecule has 1 aliphatic heterocycles. The second-order valence-electron chi connectivity index (χ2n) is 12.7. The highest BCUT2D eigenvalue weighted by Gasteiger charge is 2.48. The van der Waals surface area contributed by atoms with Crippen molar-refractivity contribution in [3.05, 3.63) is 139 Å². The molecule has 0 saturated carbocycles. The lowest BCUT2D eigenvalue weighted by Gasteiger charge is -2.39. The Hall–Kier alpha value is -4.93. The van der Waals surface area contributed by atoms with Gasteiger partial charge in [0.2, 0.25) is 0 Å². The van der Waals surface area contributed by atoms with Crippen molar-refractivity contribution in [2.45, 2.75) is 24.5 Å². The molecule has 5 aromatic rings. The van der Waals surface area contributed by atoms with E-state index in [0.29, 0.717) is 55.8 Å². The second-order valence-corrected chi connectivity index (χ2v) is 12.7. The minimum atomic E-state index is -1.16. The Morgan fingerprint density at radius 2 is 1.38 bits per heavy atom. The van der Waals surface area contributed by atoms with E-state index in [9.17, 15) is 4.39 Å². The van der Waals surface area contributed by atoms with E-state index in [4.69, 9.17) is 42.6 Å². The van der Waals surface area contributed by atoms with Gasteiger partial charge in [0.15, 0.2) is 17.1 Å². The van der Waals surface area contributed by atoms with Crippen molar-refractivity contribution < 1.29 is 42.3 Å². The first kappa shape index (κ1) is 36.4. The largest absolute Gasteiger partial charge is 0.493 e. The topological polar surface area (TPSA) is 73.8 Å². The fourth-order valence-electron chi connectivity index (χ4n) is 7.64. The van der Waals surface area contributed by atoms with E-state index in [0.717, 1.165) is 49.7 Å². The molecule has 53 heavy (non-hydrogen) atoms. The lowest BCUT2D eigenvalue weighted by molar-refractivity contribution is -0.0505. The van der Waals surface area contributed by atoms with E-state index in [2.05, 4.69) is 34.6 Å². The van der Waals surface area contributed by atoms with Gasteiger partial charge < -0.3 is 37.9 Å². The fraction of sp³-hybridized carbons (Fsp3) is 0.273. The summed E-state index contributed by atoms with van der Waals surface area (Å²) >= 11 is 0. The number of hydrogen-bond donors (Lipinski definition) is 0. The quantitative estimate of drug-likeness (QED) is 0.0940. The zero-order chi connectivity index (χ0) is 37.0. The molecule has 4 radical (unpaired) electrons. The second kappa shape index (κ2) is 15.6. The minimum Gasteiger partial charge on any atom is -0.493 e. The molecule has 1 heterocycles. The molecule has 2 aliphatic rings. The van der Waals surface area contributed by atoms with Gasteiger partial charge in [-0.1, -0.05) is 61.5 Å². The van der Waals surface area contributed by atoms with Crippen LogP contribution < -0.4 is 18.9 Å². The molecule has 0 amide bonds. The molecular weight excluding hydrogens is 675 g/mol. The number of halogens is 1. The summed E-state index contributed by atoms with van der Waals surface area (Å²) in [5.41, 5.74) is 4.52. The number of rotatable bonds is 16. The summed E-state index contributed by atoms with van der Waals surface area (Å²) in [6.45, 7) is 3.97. The number of hydrogen-bond acceptors (Lipinski definition) is 8. The van der Waals surface area contributed by atoms with Crippen LogP contribution in [0.15, 0.2) is 91.0 Å². The SMILES string of the molecule is [CH]OCCOCCOC1(CC)c2ccccc2-c2c1c1c(c3cc(OC)c(OC)cc23)OC(c2ccc(F)cc2)(c2ccc(OCCO[CH])cc2)C=C1. The molecular formula is C44H41FO8. The van der Waals surface area contributed by atoms with Gasteiger partial charge >= 0.3 is 0 Å². The summed E-state index contributed by atoms with van der Waals surface area (Å²) < 4.78 is 61.4. The Bertz CT molecular complexity index is 2090. The van der Waals surface area contributed by atoms with Crippen molar-refractivity contribution in [3.63, 3.8) is 0 Å². The first-order valence-electron chi connectivity index (χ1n) is 17.5. The smallest absolute Gasteiger partial charge is 0.178 e. The molecule has 272 valence electrons. The highest BCUT2D eigenvalue weighted by atomic mass is 19.1. The maximum atomic E-state index is 14.4. The van der Waals surface area contributed by atoms with Gasteiger partial charge in [0.25, 0.3) is 0 Å². The van der Waals surface area contributed by atoms with E-state index >= 15 is 0 Å². The van der Waals surface area contributed by atoms with Gasteiger partial charge in [0, 0.05) is 27.6 Å². The van der Waals surface area contributed by atoms with Crippen LogP contribution in [0.3, 0.4) is 0 Å². The van der Waals surface area contributed by atoms with Crippen LogP contribution in [0.25, 0.3) is 28.0 Å². The van der Waals surface area contributed by atoms with E-state index in [1.807, 2.05) is 54.6 Å². The maximum absolute atomic E-state index is 14.4. The summed E-state index contributed by atoms with van der Waals surface area (Å²) in [6, 6.07) is 26.3. The van der Waals surface area contributed by atoms with Crippen LogP contribution in [0.5, 0.6) is 23.0 Å². The van der Waals surface area contributed by atoms with Crippen LogP contribution in [0, 0.1) is 20.0 Å². The Morgan fingerprint density at radius 3 is 2.06 bits per heavy atom. The summed E-state index contributed by atoms with van der Waals surface area (Å²) in [5.74, 6) is 2.05. The van der Waals surface area contributed by atoms with E-state index in [-0.39, 0.29) is 19.0 Å². The number of fused-ring (bicyclic) bond motifs is 8. The third-order valence-corrected chi connectivity index (χ3v) is 10.0. The standard InChI is InChI=1S/C44H41FO8/c1-6-43(52-26-24-50-23-21-46-2)37-10-8-7-9-33(37)40-35-27-38(48-4)39(49-5)28-36(35)42-34(41(40)43)19-20-44(53-42,29-11-15-31(45)16-12-29)30-13-17-32(18-14-30)51-25-22-47-3/h2-3,7-20,27-28H,6,21-26H2,1,4-5H3. The molecule has 2 atom stereocenters. The predicted octanol–water partition coefficient (Wildman–Crippen LogP) is 8.76. The lowest BCUT2D eigenvalue weighted by Crippen LogP contribution is -2.36. The summed E-state index contributed by atoms with van der Waals surface area (Å²) in [5, 5.41) is 1.73. The molecule has 7 rings (SSSR count). The van der Waals surface area contributed by atoms with Gasteiger partial charge in [-0.2, -0.15) is 0 Å². The molecule has 0 N–H and O–H groups in total. The molecule has 5 aromatic carbocycles. The summed E-state index contributed by atoms with van der Waals surface area (Å²) in [6.07, 6.45) is 4.77. The van der Waals surface area contributed by atoms with Crippen LogP contribution in [0.1, 0.15) is 41.2 Å². The molecule has 0 fully saturated rings. The molecule has 2 unspecified atom stereocenters. The van der Waals surface area contributed by atoms with Crippen LogP contribution in [-0.2, 0) is 30.1 Å². The Kier molecular flexibility index (Phi) is 10.7. The van der Waals surface area contributed by atoms with Crippen molar-refractivity contribution in [1.29, 1.82) is 0 Å². The highest BCUT2D eigenvalue weighted by Crippen LogP contribution is 2.60. The van der Waals surface area contributed by atoms with Gasteiger partial charge in [-0.05, 0) is 71.0 Å². The Labute approximate surface area is 309 Å². The lowest BCUT2D eigenvalue weighted by atomic mass is 9.79. The maximum Gasteiger partial charge on any atom is 0.178 e. The van der Waals surface area contributed by atoms with Gasteiger partial charge in [-0.25, -0.2) is 4.39 Å². The van der Waals surface area contributed by atoms with Crippen molar-refractivity contribution in [2.75, 3.05) is 53.9 Å². The van der Waals surface area contributed by atoms with E-state index in [1.54, 1.807) is 26.4 Å². The highest BCUT2D eigenvalue weighted by molar-refractivity contribution is 6.09. The van der Waals surface area contributed by atoms with Gasteiger partial charge in [-0.3, -0.25) is 0 Å². The van der Waals surface area contributed by atoms with Crippen LogP contribution in [0.4, 0.5) is 4.39 Å². The average Bonchev–Trinajstić information content (AvgIpc) is 3.49. The molecule has 0 spiro atoms. The monoisotopic (exact) mass is 716 g/mol. The van der Waals surface area contributed by atoms with Crippen molar-refractivity contribution >= 4 is 16.8 Å². The summed E-state index contributed by atoms with van der Waals surface area (Å²) in [7, 11) is 13.6. The Balaban J connectivity index is 1.47. The van der Waals surface area contributed by atoms with Crippen LogP contribution in [-0.4, -0.2) is 53.9 Å². The van der Waals surface area contributed by atoms with Crippen LogP contribution in [0.2, 0.25) is 0 Å². The average molecular weight is 717 g/mol. The molecule has 0 bridgehead atoms. The van der Waals surface area contributed by atoms with Gasteiger partial charge in [0.05, 0.1) is 47.3 Å². The zero-order valence-corrected chi connectivity index (χ0v) is 30.0. The third-order valence-electron chi connectivity index (χ3n) is 10.0. The molecule has 1 aliphatic carbocycles. The molecule has 0 aromatic heterocycles. The van der Waals surface area contributed by atoms with Gasteiger partial charge in [-0.15, -0.1) is 0 Å². The van der Waals surface area contributed by atoms with Crippen molar-refractivity contribution in [1.82, 2.24) is 0 Å². The molecule has 8 nitrogen and oxygen atoms in total. The number of benzene rings is 5.